The maximum Gasteiger partial charge on any atom is 0.303 e. The van der Waals surface area contributed by atoms with Gasteiger partial charge in [-0.15, -0.1) is 0 Å². The van der Waals surface area contributed by atoms with Crippen LogP contribution in [0.3, 0.4) is 0 Å². The summed E-state index contributed by atoms with van der Waals surface area (Å²) in [5.41, 5.74) is 0. The fraction of sp³-hybridized carbons (Fsp3) is 0.895. The maximum atomic E-state index is 12.2. The number of carbonyl (C=O) groups excluding carboxylic acids is 1. The average Bonchev–Trinajstić information content (AvgIpc) is 2.61. The van der Waals surface area contributed by atoms with Gasteiger partial charge in [-0.2, -0.15) is 0 Å². The number of carbonyl (C=O) groups is 2. The molecule has 0 aromatic rings. The van der Waals surface area contributed by atoms with Gasteiger partial charge < -0.3 is 19.9 Å². The van der Waals surface area contributed by atoms with Crippen LogP contribution in [0.4, 0.5) is 0 Å². The van der Waals surface area contributed by atoms with E-state index < -0.39 is 5.97 Å². The lowest BCUT2D eigenvalue weighted by atomic mass is 9.84. The molecule has 0 aromatic heterocycles. The van der Waals surface area contributed by atoms with Crippen molar-refractivity contribution in [3.8, 4) is 0 Å². The lowest BCUT2D eigenvalue weighted by Gasteiger charge is -2.27. The number of aliphatic carboxylic acids is 1. The monoisotopic (exact) mass is 355 g/mol. The van der Waals surface area contributed by atoms with Gasteiger partial charge in [-0.25, -0.2) is 0 Å². The van der Waals surface area contributed by atoms with Crippen molar-refractivity contribution >= 4 is 11.9 Å². The highest BCUT2D eigenvalue weighted by Gasteiger charge is 2.21. The molecule has 2 fully saturated rings. The van der Waals surface area contributed by atoms with Crippen LogP contribution in [0.5, 0.6) is 0 Å². The lowest BCUT2D eigenvalue weighted by molar-refractivity contribution is -0.137. The quantitative estimate of drug-likeness (QED) is 0.629. The average molecular weight is 355 g/mol. The summed E-state index contributed by atoms with van der Waals surface area (Å²) in [5, 5.41) is 12.0. The third-order valence-electron chi connectivity index (χ3n) is 5.27. The number of carboxylic acid groups (broad SMARTS) is 1. The SMILES string of the molecule is O=C(O)CCC(CC1CCCCC1)NC(=O)CCOC1CCOCC1. The molecule has 6 heteroatoms. The summed E-state index contributed by atoms with van der Waals surface area (Å²) in [6.45, 7) is 1.89. The van der Waals surface area contributed by atoms with E-state index in [-0.39, 0.29) is 24.5 Å². The highest BCUT2D eigenvalue weighted by molar-refractivity contribution is 5.76. The summed E-state index contributed by atoms with van der Waals surface area (Å²) in [6, 6.07) is -0.0326. The second kappa shape index (κ2) is 11.5. The van der Waals surface area contributed by atoms with Gasteiger partial charge in [0, 0.05) is 32.1 Å². The Kier molecular flexibility index (Phi) is 9.26. The van der Waals surface area contributed by atoms with Crippen LogP contribution in [0.2, 0.25) is 0 Å². The van der Waals surface area contributed by atoms with E-state index in [2.05, 4.69) is 5.32 Å². The van der Waals surface area contributed by atoms with Crippen LogP contribution < -0.4 is 5.32 Å². The Hall–Kier alpha value is -1.14. The molecule has 2 N–H and O–H groups in total. The number of amides is 1. The lowest BCUT2D eigenvalue weighted by Crippen LogP contribution is -2.37. The predicted molar refractivity (Wildman–Crippen MR) is 94.4 cm³/mol. The second-order valence-electron chi connectivity index (χ2n) is 7.37. The fourth-order valence-corrected chi connectivity index (χ4v) is 3.83. The minimum absolute atomic E-state index is 0.0294. The Balaban J connectivity index is 1.69. The second-order valence-corrected chi connectivity index (χ2v) is 7.37. The Morgan fingerprint density at radius 3 is 2.48 bits per heavy atom. The van der Waals surface area contributed by atoms with Crippen molar-refractivity contribution in [3.63, 3.8) is 0 Å². The summed E-state index contributed by atoms with van der Waals surface area (Å²) >= 11 is 0. The van der Waals surface area contributed by atoms with Crippen LogP contribution >= 0.6 is 0 Å². The number of rotatable bonds is 10. The van der Waals surface area contributed by atoms with E-state index in [1.165, 1.54) is 32.1 Å². The smallest absolute Gasteiger partial charge is 0.303 e. The van der Waals surface area contributed by atoms with Crippen LogP contribution in [0.15, 0.2) is 0 Å². The van der Waals surface area contributed by atoms with E-state index in [1.807, 2.05) is 0 Å². The molecule has 144 valence electrons. The Morgan fingerprint density at radius 1 is 1.08 bits per heavy atom. The van der Waals surface area contributed by atoms with E-state index in [1.54, 1.807) is 0 Å². The van der Waals surface area contributed by atoms with Crippen molar-refractivity contribution < 1.29 is 24.2 Å². The number of carboxylic acids is 1. The standard InChI is InChI=1S/C19H33NO5/c21-18(10-13-25-17-8-11-24-12-9-17)20-16(6-7-19(22)23)14-15-4-2-1-3-5-15/h15-17H,1-14H2,(H,20,21)(H,22,23). The normalized spacial score (nSPS) is 21.0. The number of nitrogens with one attached hydrogen (secondary N) is 1. The number of hydrogen-bond acceptors (Lipinski definition) is 4. The molecule has 0 radical (unpaired) electrons. The minimum atomic E-state index is -0.800. The molecule has 1 aliphatic heterocycles. The van der Waals surface area contributed by atoms with E-state index in [0.717, 1.165) is 32.5 Å². The third-order valence-corrected chi connectivity index (χ3v) is 5.27. The van der Waals surface area contributed by atoms with Crippen LogP contribution in [0.1, 0.15) is 70.6 Å². The molecule has 1 aliphatic carbocycles. The van der Waals surface area contributed by atoms with Crippen LogP contribution in [-0.2, 0) is 19.1 Å². The van der Waals surface area contributed by atoms with Crippen molar-refractivity contribution in [2.24, 2.45) is 5.92 Å². The van der Waals surface area contributed by atoms with Crippen molar-refractivity contribution in [2.45, 2.75) is 82.8 Å². The zero-order valence-corrected chi connectivity index (χ0v) is 15.2. The molecule has 0 aromatic carbocycles. The molecule has 1 saturated heterocycles. The molecular weight excluding hydrogens is 322 g/mol. The van der Waals surface area contributed by atoms with Crippen molar-refractivity contribution in [1.29, 1.82) is 0 Å². The highest BCUT2D eigenvalue weighted by Crippen LogP contribution is 2.28. The van der Waals surface area contributed by atoms with E-state index in [9.17, 15) is 9.59 Å². The first-order valence-electron chi connectivity index (χ1n) is 9.84. The molecule has 1 atom stereocenters. The van der Waals surface area contributed by atoms with Crippen molar-refractivity contribution in [3.05, 3.63) is 0 Å². The third kappa shape index (κ3) is 8.68. The van der Waals surface area contributed by atoms with Gasteiger partial charge in [-0.05, 0) is 31.6 Å². The molecule has 2 aliphatic rings. The molecule has 25 heavy (non-hydrogen) atoms. The van der Waals surface area contributed by atoms with Gasteiger partial charge in [0.1, 0.15) is 0 Å². The molecule has 0 spiro atoms. The minimum Gasteiger partial charge on any atom is -0.481 e. The van der Waals surface area contributed by atoms with E-state index in [0.29, 0.717) is 25.4 Å². The van der Waals surface area contributed by atoms with Gasteiger partial charge in [0.15, 0.2) is 0 Å². The topological polar surface area (TPSA) is 84.9 Å². The Labute approximate surface area is 150 Å². The largest absolute Gasteiger partial charge is 0.481 e. The highest BCUT2D eigenvalue weighted by atomic mass is 16.5. The van der Waals surface area contributed by atoms with Gasteiger partial charge in [-0.1, -0.05) is 32.1 Å². The maximum absolute atomic E-state index is 12.2. The first-order valence-corrected chi connectivity index (χ1v) is 9.84. The van der Waals surface area contributed by atoms with E-state index in [4.69, 9.17) is 14.6 Å². The molecule has 1 saturated carbocycles. The molecule has 0 bridgehead atoms. The summed E-state index contributed by atoms with van der Waals surface area (Å²) in [4.78, 5) is 23.1. The Bertz CT molecular complexity index is 403. The molecular formula is C19H33NO5. The van der Waals surface area contributed by atoms with Crippen LogP contribution in [0, 0.1) is 5.92 Å². The number of ether oxygens (including phenoxy) is 2. The summed E-state index contributed by atoms with van der Waals surface area (Å²) in [7, 11) is 0. The molecule has 2 rings (SSSR count). The Morgan fingerprint density at radius 2 is 1.80 bits per heavy atom. The first-order chi connectivity index (χ1) is 12.1. The molecule has 1 unspecified atom stereocenters. The van der Waals surface area contributed by atoms with Gasteiger partial charge in [0.25, 0.3) is 0 Å². The zero-order valence-electron chi connectivity index (χ0n) is 15.2. The van der Waals surface area contributed by atoms with Gasteiger partial charge in [-0.3, -0.25) is 9.59 Å². The first kappa shape index (κ1) is 20.2. The van der Waals surface area contributed by atoms with E-state index >= 15 is 0 Å². The van der Waals surface area contributed by atoms with Crippen molar-refractivity contribution in [2.75, 3.05) is 19.8 Å². The molecule has 1 amide bonds. The summed E-state index contributed by atoms with van der Waals surface area (Å²) in [5.74, 6) is -0.213. The van der Waals surface area contributed by atoms with Gasteiger partial charge in [0.05, 0.1) is 12.7 Å². The zero-order chi connectivity index (χ0) is 17.9. The fourth-order valence-electron chi connectivity index (χ4n) is 3.83. The van der Waals surface area contributed by atoms with Gasteiger partial charge >= 0.3 is 5.97 Å². The van der Waals surface area contributed by atoms with Crippen LogP contribution in [-0.4, -0.2) is 48.9 Å². The summed E-state index contributed by atoms with van der Waals surface area (Å²) < 4.78 is 11.0. The molecule has 6 nitrogen and oxygen atoms in total. The van der Waals surface area contributed by atoms with Gasteiger partial charge in [0.2, 0.25) is 5.91 Å². The van der Waals surface area contributed by atoms with Crippen LogP contribution in [0.25, 0.3) is 0 Å². The predicted octanol–water partition coefficient (Wildman–Crippen LogP) is 2.89. The number of hydrogen-bond donors (Lipinski definition) is 2. The molecule has 1 heterocycles. The summed E-state index contributed by atoms with van der Waals surface area (Å²) in [6.07, 6.45) is 10.1. The van der Waals surface area contributed by atoms with Crippen molar-refractivity contribution in [1.82, 2.24) is 5.32 Å².